The van der Waals surface area contributed by atoms with Crippen molar-refractivity contribution in [2.75, 3.05) is 14.1 Å². The van der Waals surface area contributed by atoms with Crippen molar-refractivity contribution in [3.05, 3.63) is 0 Å². The molecule has 0 aromatic carbocycles. The molecule has 3 heteroatoms. The zero-order chi connectivity index (χ0) is 11.4. The highest BCUT2D eigenvalue weighted by atomic mass is 16.2. The van der Waals surface area contributed by atoms with Crippen molar-refractivity contribution in [3.8, 4) is 0 Å². The first-order chi connectivity index (χ1) is 7.00. The second-order valence-corrected chi connectivity index (χ2v) is 5.21. The Morgan fingerprint density at radius 3 is 2.53 bits per heavy atom. The van der Waals surface area contributed by atoms with E-state index in [1.807, 2.05) is 0 Å². The third-order valence-corrected chi connectivity index (χ3v) is 3.39. The molecule has 1 rings (SSSR count). The minimum atomic E-state index is 0.0457. The van der Waals surface area contributed by atoms with Gasteiger partial charge in [0.2, 0.25) is 0 Å². The zero-order valence-corrected chi connectivity index (χ0v) is 10.4. The van der Waals surface area contributed by atoms with E-state index in [9.17, 15) is 4.79 Å². The van der Waals surface area contributed by atoms with Gasteiger partial charge in [-0.15, -0.1) is 0 Å². The Hall–Kier alpha value is -0.730. The Bertz CT molecular complexity index is 214. The van der Waals surface area contributed by atoms with Gasteiger partial charge in [0.1, 0.15) is 0 Å². The molecule has 0 bridgehead atoms. The van der Waals surface area contributed by atoms with Gasteiger partial charge in [-0.3, -0.25) is 0 Å². The number of carbonyl (C=O) groups excluding carboxylic acids is 1. The number of urea groups is 1. The van der Waals surface area contributed by atoms with E-state index in [0.717, 1.165) is 24.7 Å². The van der Waals surface area contributed by atoms with Gasteiger partial charge >= 0.3 is 6.03 Å². The van der Waals surface area contributed by atoms with Crippen LogP contribution in [0, 0.1) is 11.8 Å². The summed E-state index contributed by atoms with van der Waals surface area (Å²) < 4.78 is 0. The highest BCUT2D eigenvalue weighted by molar-refractivity contribution is 5.73. The normalized spacial score (nSPS) is 26.5. The van der Waals surface area contributed by atoms with E-state index < -0.39 is 0 Å². The van der Waals surface area contributed by atoms with Crippen molar-refractivity contribution >= 4 is 6.03 Å². The van der Waals surface area contributed by atoms with Crippen molar-refractivity contribution < 1.29 is 4.79 Å². The van der Waals surface area contributed by atoms with Crippen molar-refractivity contribution in [3.63, 3.8) is 0 Å². The molecular formula is C12H24N2O. The molecule has 3 nitrogen and oxygen atoms in total. The van der Waals surface area contributed by atoms with E-state index in [2.05, 4.69) is 19.2 Å². The van der Waals surface area contributed by atoms with Crippen LogP contribution < -0.4 is 5.32 Å². The molecule has 1 saturated carbocycles. The molecule has 1 fully saturated rings. The number of nitrogens with zero attached hydrogens (tertiary/aromatic N) is 1. The molecule has 0 aliphatic heterocycles. The summed E-state index contributed by atoms with van der Waals surface area (Å²) in [6, 6.07) is 0.436. The van der Waals surface area contributed by atoms with Crippen LogP contribution in [0.2, 0.25) is 0 Å². The number of hydrogen-bond donors (Lipinski definition) is 1. The summed E-state index contributed by atoms with van der Waals surface area (Å²) in [6.45, 7) is 4.56. The van der Waals surface area contributed by atoms with Gasteiger partial charge in [-0.25, -0.2) is 4.79 Å². The first kappa shape index (κ1) is 12.3. The van der Waals surface area contributed by atoms with E-state index >= 15 is 0 Å². The maximum absolute atomic E-state index is 11.5. The summed E-state index contributed by atoms with van der Waals surface area (Å²) in [4.78, 5) is 13.1. The van der Waals surface area contributed by atoms with Crippen LogP contribution in [0.4, 0.5) is 4.79 Å². The number of nitrogens with one attached hydrogen (secondary N) is 1. The molecule has 1 aliphatic rings. The van der Waals surface area contributed by atoms with Gasteiger partial charge in [-0.05, 0) is 24.7 Å². The molecular weight excluding hydrogens is 188 g/mol. The standard InChI is InChI=1S/C12H24N2O/c1-9(2)10-6-5-7-11(8-10)13-12(15)14(3)4/h9-11H,5-8H2,1-4H3,(H,13,15)/t10-,11-/m1/s1. The Balaban J connectivity index is 2.39. The highest BCUT2D eigenvalue weighted by Gasteiger charge is 2.25. The average molecular weight is 212 g/mol. The molecule has 88 valence electrons. The lowest BCUT2D eigenvalue weighted by molar-refractivity contribution is 0.194. The molecule has 2 atom stereocenters. The van der Waals surface area contributed by atoms with Gasteiger partial charge < -0.3 is 10.2 Å². The van der Waals surface area contributed by atoms with Crippen LogP contribution in [-0.2, 0) is 0 Å². The molecule has 15 heavy (non-hydrogen) atoms. The Morgan fingerprint density at radius 1 is 1.33 bits per heavy atom. The van der Waals surface area contributed by atoms with Crippen LogP contribution in [0.1, 0.15) is 39.5 Å². The minimum absolute atomic E-state index is 0.0457. The third kappa shape index (κ3) is 3.73. The van der Waals surface area contributed by atoms with E-state index in [1.54, 1.807) is 19.0 Å². The molecule has 1 N–H and O–H groups in total. The maximum Gasteiger partial charge on any atom is 0.317 e. The van der Waals surface area contributed by atoms with E-state index in [4.69, 9.17) is 0 Å². The van der Waals surface area contributed by atoms with Crippen LogP contribution in [-0.4, -0.2) is 31.1 Å². The zero-order valence-electron chi connectivity index (χ0n) is 10.4. The predicted octanol–water partition coefficient (Wildman–Crippen LogP) is 2.47. The van der Waals surface area contributed by atoms with Gasteiger partial charge in [0.25, 0.3) is 0 Å². The quantitative estimate of drug-likeness (QED) is 0.749. The van der Waals surface area contributed by atoms with Gasteiger partial charge in [0.05, 0.1) is 0 Å². The van der Waals surface area contributed by atoms with E-state index in [0.29, 0.717) is 6.04 Å². The Kier molecular flexibility index (Phi) is 4.43. The predicted molar refractivity (Wildman–Crippen MR) is 62.8 cm³/mol. The summed E-state index contributed by atoms with van der Waals surface area (Å²) in [6.07, 6.45) is 4.87. The van der Waals surface area contributed by atoms with Crippen molar-refractivity contribution in [1.82, 2.24) is 10.2 Å². The van der Waals surface area contributed by atoms with Crippen LogP contribution in [0.25, 0.3) is 0 Å². The lowest BCUT2D eigenvalue weighted by Crippen LogP contribution is -2.44. The molecule has 1 aliphatic carbocycles. The minimum Gasteiger partial charge on any atom is -0.335 e. The molecule has 0 aromatic rings. The van der Waals surface area contributed by atoms with Crippen molar-refractivity contribution in [2.24, 2.45) is 11.8 Å². The largest absolute Gasteiger partial charge is 0.335 e. The SMILES string of the molecule is CC(C)[C@@H]1CCC[C@@H](NC(=O)N(C)C)C1. The Labute approximate surface area is 93.2 Å². The summed E-state index contributed by atoms with van der Waals surface area (Å²) in [5.41, 5.74) is 0. The van der Waals surface area contributed by atoms with Gasteiger partial charge in [-0.1, -0.05) is 26.7 Å². The van der Waals surface area contributed by atoms with Crippen molar-refractivity contribution in [2.45, 2.75) is 45.6 Å². The lowest BCUT2D eigenvalue weighted by Gasteiger charge is -2.32. The first-order valence-electron chi connectivity index (χ1n) is 5.98. The third-order valence-electron chi connectivity index (χ3n) is 3.39. The topological polar surface area (TPSA) is 32.3 Å². The summed E-state index contributed by atoms with van der Waals surface area (Å²) in [5, 5.41) is 3.09. The summed E-state index contributed by atoms with van der Waals surface area (Å²) in [7, 11) is 3.58. The number of amides is 2. The van der Waals surface area contributed by atoms with Gasteiger partial charge in [-0.2, -0.15) is 0 Å². The van der Waals surface area contributed by atoms with E-state index in [1.165, 1.54) is 12.8 Å². The van der Waals surface area contributed by atoms with Crippen LogP contribution >= 0.6 is 0 Å². The fourth-order valence-corrected chi connectivity index (χ4v) is 2.27. The second-order valence-electron chi connectivity index (χ2n) is 5.21. The van der Waals surface area contributed by atoms with Crippen LogP contribution in [0.3, 0.4) is 0 Å². The molecule has 0 unspecified atom stereocenters. The molecule has 0 radical (unpaired) electrons. The maximum atomic E-state index is 11.5. The van der Waals surface area contributed by atoms with Gasteiger partial charge in [0, 0.05) is 20.1 Å². The van der Waals surface area contributed by atoms with Crippen LogP contribution in [0.5, 0.6) is 0 Å². The molecule has 0 heterocycles. The summed E-state index contributed by atoms with van der Waals surface area (Å²) in [5.74, 6) is 1.52. The highest BCUT2D eigenvalue weighted by Crippen LogP contribution is 2.29. The molecule has 2 amide bonds. The fourth-order valence-electron chi connectivity index (χ4n) is 2.27. The molecule has 0 saturated heterocycles. The van der Waals surface area contributed by atoms with Gasteiger partial charge in [0.15, 0.2) is 0 Å². The smallest absolute Gasteiger partial charge is 0.317 e. The van der Waals surface area contributed by atoms with Crippen molar-refractivity contribution in [1.29, 1.82) is 0 Å². The molecule has 0 aromatic heterocycles. The number of rotatable bonds is 2. The monoisotopic (exact) mass is 212 g/mol. The fraction of sp³-hybridized carbons (Fsp3) is 0.917. The number of hydrogen-bond acceptors (Lipinski definition) is 1. The lowest BCUT2D eigenvalue weighted by atomic mass is 9.79. The first-order valence-corrected chi connectivity index (χ1v) is 5.98. The Morgan fingerprint density at radius 2 is 2.00 bits per heavy atom. The van der Waals surface area contributed by atoms with Crippen LogP contribution in [0.15, 0.2) is 0 Å². The van der Waals surface area contributed by atoms with E-state index in [-0.39, 0.29) is 6.03 Å². The summed E-state index contributed by atoms with van der Waals surface area (Å²) >= 11 is 0. The average Bonchev–Trinajstić information content (AvgIpc) is 2.18. The molecule has 0 spiro atoms. The number of carbonyl (C=O) groups is 1. The second kappa shape index (κ2) is 5.38.